The smallest absolute Gasteiger partial charge is 0.407 e. The molecule has 2 aromatic rings. The highest BCUT2D eigenvalue weighted by Gasteiger charge is 2.17. The van der Waals surface area contributed by atoms with Crippen molar-refractivity contribution in [3.63, 3.8) is 0 Å². The summed E-state index contributed by atoms with van der Waals surface area (Å²) in [4.78, 5) is 27.9. The second-order valence-electron chi connectivity index (χ2n) is 7.28. The summed E-state index contributed by atoms with van der Waals surface area (Å²) in [5.74, 6) is -0.0449. The van der Waals surface area contributed by atoms with E-state index in [1.165, 1.54) is 7.11 Å². The van der Waals surface area contributed by atoms with Crippen LogP contribution in [0.5, 0.6) is 0 Å². The van der Waals surface area contributed by atoms with Crippen molar-refractivity contribution in [1.29, 1.82) is 0 Å². The fraction of sp³-hybridized carbons (Fsp3) is 0.526. The number of imidazole rings is 1. The summed E-state index contributed by atoms with van der Waals surface area (Å²) in [6, 6.07) is 5.28. The Kier molecular flexibility index (Phi) is 6.65. The molecule has 1 heterocycles. The van der Waals surface area contributed by atoms with Gasteiger partial charge in [0.15, 0.2) is 0 Å². The van der Waals surface area contributed by atoms with Crippen LogP contribution in [0.3, 0.4) is 0 Å². The zero-order valence-electron chi connectivity index (χ0n) is 16.4. The Morgan fingerprint density at radius 2 is 1.96 bits per heavy atom. The van der Waals surface area contributed by atoms with Crippen LogP contribution < -0.4 is 11.1 Å². The summed E-state index contributed by atoms with van der Waals surface area (Å²) in [6.45, 7) is 6.66. The maximum Gasteiger partial charge on any atom is 0.407 e. The van der Waals surface area contributed by atoms with Gasteiger partial charge in [-0.05, 0) is 52.2 Å². The summed E-state index contributed by atoms with van der Waals surface area (Å²) >= 11 is 0. The molecule has 1 amide bonds. The number of benzene rings is 1. The Labute approximate surface area is 159 Å². The van der Waals surface area contributed by atoms with Gasteiger partial charge in [0, 0.05) is 13.1 Å². The van der Waals surface area contributed by atoms with Gasteiger partial charge in [0.05, 0.1) is 23.7 Å². The van der Waals surface area contributed by atoms with Crippen LogP contribution in [-0.2, 0) is 16.0 Å². The number of aryl methyl sites for hydroxylation is 1. The van der Waals surface area contributed by atoms with Gasteiger partial charge in [-0.15, -0.1) is 0 Å². The fourth-order valence-electron chi connectivity index (χ4n) is 2.78. The van der Waals surface area contributed by atoms with Gasteiger partial charge in [0.1, 0.15) is 5.60 Å². The number of carbonyl (C=O) groups is 2. The predicted molar refractivity (Wildman–Crippen MR) is 104 cm³/mol. The maximum absolute atomic E-state index is 12.0. The molecular weight excluding hydrogens is 348 g/mol. The number of nitrogens with two attached hydrogens (primary N) is 1. The molecule has 1 aromatic carbocycles. The lowest BCUT2D eigenvalue weighted by atomic mass is 10.1. The van der Waals surface area contributed by atoms with Gasteiger partial charge in [-0.25, -0.2) is 14.6 Å². The Bertz CT molecular complexity index is 808. The number of para-hydroxylation sites is 1. The predicted octanol–water partition coefficient (Wildman–Crippen LogP) is 3.10. The SMILES string of the molecule is COC(=O)c1cccc2nc(N)n(CCCCCNC(=O)OC(C)(C)C)c12. The van der Waals surface area contributed by atoms with E-state index in [2.05, 4.69) is 10.3 Å². The first kappa shape index (κ1) is 20.5. The molecule has 0 aliphatic carbocycles. The van der Waals surface area contributed by atoms with Gasteiger partial charge in [-0.3, -0.25) is 0 Å². The summed E-state index contributed by atoms with van der Waals surface area (Å²) < 4.78 is 11.9. The molecule has 1 aromatic heterocycles. The van der Waals surface area contributed by atoms with Crippen LogP contribution in [-0.4, -0.2) is 40.9 Å². The van der Waals surface area contributed by atoms with Crippen LogP contribution in [0.1, 0.15) is 50.4 Å². The average molecular weight is 376 g/mol. The van der Waals surface area contributed by atoms with Crippen LogP contribution in [0.25, 0.3) is 11.0 Å². The van der Waals surface area contributed by atoms with E-state index in [4.69, 9.17) is 15.2 Å². The number of aromatic nitrogens is 2. The van der Waals surface area contributed by atoms with E-state index in [1.54, 1.807) is 12.1 Å². The van der Waals surface area contributed by atoms with Gasteiger partial charge >= 0.3 is 12.1 Å². The fourth-order valence-corrected chi connectivity index (χ4v) is 2.78. The second-order valence-corrected chi connectivity index (χ2v) is 7.28. The number of methoxy groups -OCH3 is 1. The Balaban J connectivity index is 1.89. The molecule has 3 N–H and O–H groups in total. The van der Waals surface area contributed by atoms with Crippen LogP contribution in [0.2, 0.25) is 0 Å². The number of anilines is 1. The number of esters is 1. The number of nitrogens with zero attached hydrogens (tertiary/aromatic N) is 2. The molecule has 0 fully saturated rings. The minimum atomic E-state index is -0.499. The molecule has 0 saturated carbocycles. The number of amides is 1. The first-order chi connectivity index (χ1) is 12.7. The molecule has 0 radical (unpaired) electrons. The average Bonchev–Trinajstić information content (AvgIpc) is 2.91. The number of carbonyl (C=O) groups excluding carboxylic acids is 2. The quantitative estimate of drug-likeness (QED) is 0.568. The summed E-state index contributed by atoms with van der Waals surface area (Å²) in [5.41, 5.74) is 7.34. The molecule has 0 aliphatic rings. The standard InChI is InChI=1S/C19H28N4O4/c1-19(2,3)27-18(25)21-11-6-5-7-12-23-15-13(16(24)26-4)9-8-10-14(15)22-17(23)20/h8-10H,5-7,11-12H2,1-4H3,(H2,20,22)(H,21,25). The first-order valence-corrected chi connectivity index (χ1v) is 9.03. The third-order valence-electron chi connectivity index (χ3n) is 3.93. The summed E-state index contributed by atoms with van der Waals surface area (Å²) in [6.07, 6.45) is 2.13. The largest absolute Gasteiger partial charge is 0.465 e. The number of fused-ring (bicyclic) bond motifs is 1. The minimum absolute atomic E-state index is 0.369. The highest BCUT2D eigenvalue weighted by molar-refractivity contribution is 6.02. The highest BCUT2D eigenvalue weighted by Crippen LogP contribution is 2.23. The van der Waals surface area contributed by atoms with E-state index < -0.39 is 17.7 Å². The Hall–Kier alpha value is -2.77. The zero-order chi connectivity index (χ0) is 20.0. The van der Waals surface area contributed by atoms with E-state index in [0.29, 0.717) is 35.6 Å². The topological polar surface area (TPSA) is 108 Å². The summed E-state index contributed by atoms with van der Waals surface area (Å²) in [5, 5.41) is 2.74. The molecule has 8 heteroatoms. The van der Waals surface area contributed by atoms with Crippen molar-refractivity contribution in [2.24, 2.45) is 0 Å². The number of alkyl carbamates (subject to hydrolysis) is 1. The summed E-state index contributed by atoms with van der Waals surface area (Å²) in [7, 11) is 1.35. The molecule has 0 saturated heterocycles. The number of hydrogen-bond acceptors (Lipinski definition) is 6. The van der Waals surface area contributed by atoms with Crippen molar-refractivity contribution < 1.29 is 19.1 Å². The molecule has 27 heavy (non-hydrogen) atoms. The molecule has 148 valence electrons. The number of ether oxygens (including phenoxy) is 2. The second kappa shape index (κ2) is 8.75. The normalized spacial score (nSPS) is 11.4. The van der Waals surface area contributed by atoms with E-state index in [9.17, 15) is 9.59 Å². The van der Waals surface area contributed by atoms with Crippen LogP contribution in [0.4, 0.5) is 10.7 Å². The van der Waals surface area contributed by atoms with Gasteiger partial charge in [0.2, 0.25) is 5.95 Å². The van der Waals surface area contributed by atoms with Gasteiger partial charge in [0.25, 0.3) is 0 Å². The molecule has 0 unspecified atom stereocenters. The van der Waals surface area contributed by atoms with Crippen LogP contribution >= 0.6 is 0 Å². The van der Waals surface area contributed by atoms with E-state index in [1.807, 2.05) is 31.4 Å². The number of rotatable bonds is 7. The third kappa shape index (κ3) is 5.60. The Morgan fingerprint density at radius 3 is 2.63 bits per heavy atom. The van der Waals surface area contributed by atoms with E-state index >= 15 is 0 Å². The number of unbranched alkanes of at least 4 members (excludes halogenated alkanes) is 2. The van der Waals surface area contributed by atoms with Gasteiger partial charge in [-0.2, -0.15) is 0 Å². The first-order valence-electron chi connectivity index (χ1n) is 9.03. The lowest BCUT2D eigenvalue weighted by Gasteiger charge is -2.19. The van der Waals surface area contributed by atoms with Crippen LogP contribution in [0.15, 0.2) is 18.2 Å². The number of nitrogens with one attached hydrogen (secondary N) is 1. The zero-order valence-corrected chi connectivity index (χ0v) is 16.4. The lowest BCUT2D eigenvalue weighted by Crippen LogP contribution is -2.33. The molecule has 2 rings (SSSR count). The van der Waals surface area contributed by atoms with Crippen molar-refractivity contribution in [2.75, 3.05) is 19.4 Å². The van der Waals surface area contributed by atoms with Crippen molar-refractivity contribution >= 4 is 29.0 Å². The lowest BCUT2D eigenvalue weighted by molar-refractivity contribution is 0.0525. The molecule has 0 bridgehead atoms. The van der Waals surface area contributed by atoms with Crippen molar-refractivity contribution in [3.8, 4) is 0 Å². The highest BCUT2D eigenvalue weighted by atomic mass is 16.6. The number of hydrogen-bond donors (Lipinski definition) is 2. The molecular formula is C19H28N4O4. The monoisotopic (exact) mass is 376 g/mol. The van der Waals surface area contributed by atoms with E-state index in [0.717, 1.165) is 19.3 Å². The van der Waals surface area contributed by atoms with Gasteiger partial charge < -0.3 is 25.1 Å². The molecule has 8 nitrogen and oxygen atoms in total. The minimum Gasteiger partial charge on any atom is -0.465 e. The third-order valence-corrected chi connectivity index (χ3v) is 3.93. The van der Waals surface area contributed by atoms with Crippen molar-refractivity contribution in [1.82, 2.24) is 14.9 Å². The van der Waals surface area contributed by atoms with Gasteiger partial charge in [-0.1, -0.05) is 6.07 Å². The molecule has 0 aliphatic heterocycles. The van der Waals surface area contributed by atoms with Crippen LogP contribution in [0, 0.1) is 0 Å². The molecule has 0 spiro atoms. The number of nitrogen functional groups attached to an aromatic ring is 1. The van der Waals surface area contributed by atoms with Crippen molar-refractivity contribution in [2.45, 2.75) is 52.2 Å². The van der Waals surface area contributed by atoms with Crippen molar-refractivity contribution in [3.05, 3.63) is 23.8 Å². The Morgan fingerprint density at radius 1 is 1.22 bits per heavy atom. The maximum atomic E-state index is 12.0. The van der Waals surface area contributed by atoms with E-state index in [-0.39, 0.29) is 0 Å². The molecule has 0 atom stereocenters.